The van der Waals surface area contributed by atoms with Crippen molar-refractivity contribution < 1.29 is 0 Å². The minimum Gasteiger partial charge on any atom is -0.311 e. The molecule has 2 aromatic rings. The highest BCUT2D eigenvalue weighted by Gasteiger charge is 2.16. The van der Waals surface area contributed by atoms with Gasteiger partial charge in [-0.05, 0) is 45.0 Å². The van der Waals surface area contributed by atoms with E-state index >= 15 is 0 Å². The molecule has 5 nitrogen and oxygen atoms in total. The van der Waals surface area contributed by atoms with Crippen LogP contribution < -0.4 is 5.32 Å². The van der Waals surface area contributed by atoms with Crippen LogP contribution in [0.1, 0.15) is 17.4 Å². The SMILES string of the molecule is CNC(Cc1cn(C)nn1)c1ncc(Br)cc1Br. The van der Waals surface area contributed by atoms with Gasteiger partial charge >= 0.3 is 0 Å². The number of hydrogen-bond acceptors (Lipinski definition) is 4. The summed E-state index contributed by atoms with van der Waals surface area (Å²) in [5.74, 6) is 0. The average Bonchev–Trinajstić information content (AvgIpc) is 2.72. The third-order valence-electron chi connectivity index (χ3n) is 2.58. The van der Waals surface area contributed by atoms with Crippen LogP contribution >= 0.6 is 31.9 Å². The van der Waals surface area contributed by atoms with Crippen molar-refractivity contribution in [3.63, 3.8) is 0 Å². The summed E-state index contributed by atoms with van der Waals surface area (Å²) in [5.41, 5.74) is 1.90. The predicted octanol–water partition coefficient (Wildman–Crippen LogP) is 2.24. The van der Waals surface area contributed by atoms with Gasteiger partial charge in [0, 0.05) is 34.8 Å². The predicted molar refractivity (Wildman–Crippen MR) is 76.1 cm³/mol. The lowest BCUT2D eigenvalue weighted by Crippen LogP contribution is -2.20. The van der Waals surface area contributed by atoms with Crippen molar-refractivity contribution in [3.05, 3.63) is 38.8 Å². The molecule has 2 rings (SSSR count). The van der Waals surface area contributed by atoms with E-state index in [-0.39, 0.29) is 6.04 Å². The first-order valence-corrected chi connectivity index (χ1v) is 7.02. The highest BCUT2D eigenvalue weighted by Crippen LogP contribution is 2.26. The van der Waals surface area contributed by atoms with Crippen molar-refractivity contribution in [2.24, 2.45) is 7.05 Å². The fourth-order valence-electron chi connectivity index (χ4n) is 1.71. The molecule has 96 valence electrons. The summed E-state index contributed by atoms with van der Waals surface area (Å²) in [6.45, 7) is 0. The Bertz CT molecular complexity index is 540. The summed E-state index contributed by atoms with van der Waals surface area (Å²) in [7, 11) is 3.77. The van der Waals surface area contributed by atoms with Gasteiger partial charge in [-0.15, -0.1) is 5.10 Å². The summed E-state index contributed by atoms with van der Waals surface area (Å²) in [6, 6.07) is 2.09. The molecular weight excluding hydrogens is 362 g/mol. The monoisotopic (exact) mass is 373 g/mol. The summed E-state index contributed by atoms with van der Waals surface area (Å²) in [6.07, 6.45) is 4.45. The third-order valence-corrected chi connectivity index (χ3v) is 3.65. The normalized spacial score (nSPS) is 12.7. The molecular formula is C11H13Br2N5. The number of rotatable bonds is 4. The number of halogens is 2. The molecule has 0 aliphatic carbocycles. The maximum absolute atomic E-state index is 4.44. The fourth-order valence-corrected chi connectivity index (χ4v) is 2.98. The first-order chi connectivity index (χ1) is 8.60. The molecule has 0 aliphatic rings. The standard InChI is InChI=1S/C11H13Br2N5/c1-14-10(4-8-6-18(2)17-16-8)11-9(13)3-7(12)5-15-11/h3,5-6,10,14H,4H2,1-2H3. The van der Waals surface area contributed by atoms with E-state index in [1.165, 1.54) is 0 Å². The zero-order valence-corrected chi connectivity index (χ0v) is 13.2. The van der Waals surface area contributed by atoms with Crippen molar-refractivity contribution >= 4 is 31.9 Å². The van der Waals surface area contributed by atoms with Crippen LogP contribution in [0.25, 0.3) is 0 Å². The Morgan fingerprint density at radius 2 is 2.22 bits per heavy atom. The van der Waals surface area contributed by atoms with Gasteiger partial charge in [0.05, 0.1) is 17.4 Å². The van der Waals surface area contributed by atoms with Crippen molar-refractivity contribution in [2.45, 2.75) is 12.5 Å². The molecule has 0 radical (unpaired) electrons. The number of likely N-dealkylation sites (N-methyl/N-ethyl adjacent to an activating group) is 1. The molecule has 2 heterocycles. The minimum atomic E-state index is 0.101. The van der Waals surface area contributed by atoms with E-state index < -0.39 is 0 Å². The van der Waals surface area contributed by atoms with E-state index in [0.717, 1.165) is 26.8 Å². The number of aromatic nitrogens is 4. The van der Waals surface area contributed by atoms with E-state index in [9.17, 15) is 0 Å². The second kappa shape index (κ2) is 5.90. The van der Waals surface area contributed by atoms with E-state index in [1.807, 2.05) is 26.4 Å². The summed E-state index contributed by atoms with van der Waals surface area (Å²) in [4.78, 5) is 4.44. The molecule has 0 aromatic carbocycles. The Labute approximate surface area is 122 Å². The van der Waals surface area contributed by atoms with Gasteiger partial charge in [-0.1, -0.05) is 5.21 Å². The van der Waals surface area contributed by atoms with E-state index in [0.29, 0.717) is 0 Å². The molecule has 2 aromatic heterocycles. The molecule has 1 unspecified atom stereocenters. The Morgan fingerprint density at radius 1 is 1.44 bits per heavy atom. The highest BCUT2D eigenvalue weighted by atomic mass is 79.9. The summed E-state index contributed by atoms with van der Waals surface area (Å²) in [5, 5.41) is 11.3. The number of nitrogens with zero attached hydrogens (tertiary/aromatic N) is 4. The maximum Gasteiger partial charge on any atom is 0.0846 e. The van der Waals surface area contributed by atoms with Gasteiger partial charge in [0.15, 0.2) is 0 Å². The van der Waals surface area contributed by atoms with Crippen LogP contribution in [-0.2, 0) is 13.5 Å². The number of nitrogens with one attached hydrogen (secondary N) is 1. The molecule has 1 N–H and O–H groups in total. The lowest BCUT2D eigenvalue weighted by molar-refractivity contribution is 0.565. The van der Waals surface area contributed by atoms with Crippen LogP contribution in [0.3, 0.4) is 0 Å². The lowest BCUT2D eigenvalue weighted by Gasteiger charge is -2.15. The third kappa shape index (κ3) is 3.15. The van der Waals surface area contributed by atoms with Crippen LogP contribution in [0.15, 0.2) is 27.4 Å². The molecule has 0 aliphatic heterocycles. The van der Waals surface area contributed by atoms with Crippen molar-refractivity contribution in [1.82, 2.24) is 25.3 Å². The molecule has 0 amide bonds. The average molecular weight is 375 g/mol. The first-order valence-electron chi connectivity index (χ1n) is 5.43. The van der Waals surface area contributed by atoms with Gasteiger partial charge in [0.25, 0.3) is 0 Å². The van der Waals surface area contributed by atoms with Crippen molar-refractivity contribution in [2.75, 3.05) is 7.05 Å². The molecule has 18 heavy (non-hydrogen) atoms. The van der Waals surface area contributed by atoms with E-state index in [2.05, 4.69) is 52.5 Å². The molecule has 0 bridgehead atoms. The Kier molecular flexibility index (Phi) is 4.47. The van der Waals surface area contributed by atoms with Gasteiger partial charge < -0.3 is 5.32 Å². The smallest absolute Gasteiger partial charge is 0.0846 e. The fraction of sp³-hybridized carbons (Fsp3) is 0.364. The summed E-state index contributed by atoms with van der Waals surface area (Å²) < 4.78 is 3.62. The molecule has 1 atom stereocenters. The molecule has 0 saturated heterocycles. The largest absolute Gasteiger partial charge is 0.311 e. The van der Waals surface area contributed by atoms with Gasteiger partial charge in [0.1, 0.15) is 0 Å². The first kappa shape index (κ1) is 13.6. The van der Waals surface area contributed by atoms with Crippen molar-refractivity contribution in [1.29, 1.82) is 0 Å². The molecule has 0 spiro atoms. The molecule has 7 heteroatoms. The highest BCUT2D eigenvalue weighted by molar-refractivity contribution is 9.11. The zero-order chi connectivity index (χ0) is 13.1. The number of hydrogen-bond donors (Lipinski definition) is 1. The van der Waals surface area contributed by atoms with Crippen LogP contribution in [0, 0.1) is 0 Å². The number of pyridine rings is 1. The van der Waals surface area contributed by atoms with Gasteiger partial charge in [0.2, 0.25) is 0 Å². The van der Waals surface area contributed by atoms with Crippen LogP contribution in [0.4, 0.5) is 0 Å². The van der Waals surface area contributed by atoms with Crippen LogP contribution in [-0.4, -0.2) is 27.0 Å². The van der Waals surface area contributed by atoms with Crippen LogP contribution in [0.5, 0.6) is 0 Å². The quantitative estimate of drug-likeness (QED) is 0.891. The lowest BCUT2D eigenvalue weighted by atomic mass is 10.1. The Morgan fingerprint density at radius 3 is 2.78 bits per heavy atom. The molecule has 0 fully saturated rings. The second-order valence-corrected chi connectivity index (χ2v) is 5.72. The Balaban J connectivity index is 2.22. The zero-order valence-electron chi connectivity index (χ0n) is 10.1. The van der Waals surface area contributed by atoms with Crippen LogP contribution in [0.2, 0.25) is 0 Å². The maximum atomic E-state index is 4.44. The van der Waals surface area contributed by atoms with E-state index in [1.54, 1.807) is 10.9 Å². The Hall–Kier alpha value is -0.790. The second-order valence-electron chi connectivity index (χ2n) is 3.95. The van der Waals surface area contributed by atoms with Gasteiger partial charge in [-0.2, -0.15) is 0 Å². The topological polar surface area (TPSA) is 55.6 Å². The van der Waals surface area contributed by atoms with Gasteiger partial charge in [-0.3, -0.25) is 9.67 Å². The number of aryl methyl sites for hydroxylation is 1. The van der Waals surface area contributed by atoms with Crippen molar-refractivity contribution in [3.8, 4) is 0 Å². The van der Waals surface area contributed by atoms with E-state index in [4.69, 9.17) is 0 Å². The van der Waals surface area contributed by atoms with Gasteiger partial charge in [-0.25, -0.2) is 0 Å². The molecule has 0 saturated carbocycles. The minimum absolute atomic E-state index is 0.101. The summed E-state index contributed by atoms with van der Waals surface area (Å²) >= 11 is 6.93.